The first kappa shape index (κ1) is 17.6. The summed E-state index contributed by atoms with van der Waals surface area (Å²) in [4.78, 5) is 13.2. The van der Waals surface area contributed by atoms with Crippen LogP contribution in [-0.4, -0.2) is 12.5 Å². The third-order valence-electron chi connectivity index (χ3n) is 3.31. The molecule has 1 N–H and O–H groups in total. The van der Waals surface area contributed by atoms with Gasteiger partial charge in [0.1, 0.15) is 5.75 Å². The summed E-state index contributed by atoms with van der Waals surface area (Å²) in [5, 5.41) is 4.72. The number of thiophene rings is 1. The SMILES string of the molecule is O=C(Nc1cccc(C#Cc2cccs2)c1)c1ccc(OC(F)F)cc1. The summed E-state index contributed by atoms with van der Waals surface area (Å²) >= 11 is 1.56. The molecule has 1 heterocycles. The second-order valence-electron chi connectivity index (χ2n) is 5.17. The fourth-order valence-corrected chi connectivity index (χ4v) is 2.72. The normalized spacial score (nSPS) is 10.1. The van der Waals surface area contributed by atoms with Gasteiger partial charge in [0.25, 0.3) is 5.91 Å². The van der Waals surface area contributed by atoms with Crippen molar-refractivity contribution in [1.82, 2.24) is 0 Å². The number of carbonyl (C=O) groups is 1. The maximum absolute atomic E-state index is 12.3. The third-order valence-corrected chi connectivity index (χ3v) is 4.10. The first-order valence-electron chi connectivity index (χ1n) is 7.62. The Morgan fingerprint density at radius 1 is 1.04 bits per heavy atom. The minimum absolute atomic E-state index is 0.00222. The zero-order valence-corrected chi connectivity index (χ0v) is 14.2. The van der Waals surface area contributed by atoms with E-state index in [0.717, 1.165) is 10.4 Å². The molecule has 0 aliphatic heterocycles. The lowest BCUT2D eigenvalue weighted by molar-refractivity contribution is -0.0498. The predicted octanol–water partition coefficient (Wildman–Crippen LogP) is 5.00. The zero-order valence-electron chi connectivity index (χ0n) is 13.4. The summed E-state index contributed by atoms with van der Waals surface area (Å²) in [5.74, 6) is 5.76. The van der Waals surface area contributed by atoms with Crippen LogP contribution in [0.4, 0.5) is 14.5 Å². The highest BCUT2D eigenvalue weighted by atomic mass is 32.1. The first-order chi connectivity index (χ1) is 12.6. The maximum atomic E-state index is 12.3. The quantitative estimate of drug-likeness (QED) is 0.657. The standard InChI is InChI=1S/C20H13F2NO2S/c21-20(22)25-17-9-7-15(8-10-17)19(24)23-16-4-1-3-14(13-16)6-11-18-5-2-12-26-18/h1-5,7-10,12-13,20H,(H,23,24). The molecule has 0 fully saturated rings. The Kier molecular flexibility index (Phi) is 5.62. The van der Waals surface area contributed by atoms with Gasteiger partial charge in [0, 0.05) is 16.8 Å². The van der Waals surface area contributed by atoms with E-state index in [1.165, 1.54) is 24.3 Å². The molecule has 3 aromatic rings. The number of nitrogens with one attached hydrogen (secondary N) is 1. The van der Waals surface area contributed by atoms with Gasteiger partial charge in [-0.15, -0.1) is 11.3 Å². The van der Waals surface area contributed by atoms with Crippen LogP contribution in [-0.2, 0) is 0 Å². The molecule has 26 heavy (non-hydrogen) atoms. The number of hydrogen-bond acceptors (Lipinski definition) is 3. The van der Waals surface area contributed by atoms with Gasteiger partial charge in [0.05, 0.1) is 4.88 Å². The average molecular weight is 369 g/mol. The van der Waals surface area contributed by atoms with Gasteiger partial charge < -0.3 is 10.1 Å². The van der Waals surface area contributed by atoms with Crippen molar-refractivity contribution in [2.45, 2.75) is 6.61 Å². The van der Waals surface area contributed by atoms with E-state index in [9.17, 15) is 13.6 Å². The van der Waals surface area contributed by atoms with Crippen molar-refractivity contribution in [3.63, 3.8) is 0 Å². The molecule has 6 heteroatoms. The highest BCUT2D eigenvalue weighted by molar-refractivity contribution is 7.10. The van der Waals surface area contributed by atoms with Crippen molar-refractivity contribution >= 4 is 22.9 Å². The molecule has 3 rings (SSSR count). The fraction of sp³-hybridized carbons (Fsp3) is 0.0500. The molecule has 0 atom stereocenters. The number of carbonyl (C=O) groups excluding carboxylic acids is 1. The first-order valence-corrected chi connectivity index (χ1v) is 8.50. The van der Waals surface area contributed by atoms with Crippen molar-refractivity contribution in [2.75, 3.05) is 5.32 Å². The maximum Gasteiger partial charge on any atom is 0.387 e. The summed E-state index contributed by atoms with van der Waals surface area (Å²) in [7, 11) is 0. The number of amides is 1. The minimum Gasteiger partial charge on any atom is -0.435 e. The summed E-state index contributed by atoms with van der Waals surface area (Å²) < 4.78 is 28.6. The molecule has 130 valence electrons. The van der Waals surface area contributed by atoms with Crippen LogP contribution in [0.15, 0.2) is 66.0 Å². The highest BCUT2D eigenvalue weighted by Gasteiger charge is 2.08. The summed E-state index contributed by atoms with van der Waals surface area (Å²) in [6.07, 6.45) is 0. The van der Waals surface area contributed by atoms with Gasteiger partial charge in [-0.25, -0.2) is 0 Å². The molecule has 1 aromatic heterocycles. The molecular weight excluding hydrogens is 356 g/mol. The molecule has 2 aromatic carbocycles. The molecule has 1 amide bonds. The smallest absolute Gasteiger partial charge is 0.387 e. The molecule has 0 saturated carbocycles. The van der Waals surface area contributed by atoms with Gasteiger partial charge in [-0.05, 0) is 53.9 Å². The molecule has 0 aliphatic rings. The van der Waals surface area contributed by atoms with Crippen molar-refractivity contribution in [3.05, 3.63) is 82.0 Å². The largest absolute Gasteiger partial charge is 0.435 e. The Hall–Kier alpha value is -3.17. The molecule has 0 spiro atoms. The van der Waals surface area contributed by atoms with Gasteiger partial charge in [-0.3, -0.25) is 4.79 Å². The van der Waals surface area contributed by atoms with Crippen LogP contribution in [0.1, 0.15) is 20.8 Å². The van der Waals surface area contributed by atoms with E-state index >= 15 is 0 Å². The Labute approximate surface area is 153 Å². The van der Waals surface area contributed by atoms with E-state index in [4.69, 9.17) is 0 Å². The Bertz CT molecular complexity index is 942. The molecule has 0 aliphatic carbocycles. The van der Waals surface area contributed by atoms with Gasteiger partial charge in [-0.1, -0.05) is 24.0 Å². The second-order valence-corrected chi connectivity index (χ2v) is 6.11. The van der Waals surface area contributed by atoms with Crippen LogP contribution < -0.4 is 10.1 Å². The molecule has 0 bridgehead atoms. The van der Waals surface area contributed by atoms with Crippen molar-refractivity contribution in [3.8, 4) is 17.6 Å². The van der Waals surface area contributed by atoms with Crippen molar-refractivity contribution in [1.29, 1.82) is 0 Å². The lowest BCUT2D eigenvalue weighted by atomic mass is 10.1. The van der Waals surface area contributed by atoms with Crippen LogP contribution in [0.5, 0.6) is 5.75 Å². The molecule has 0 unspecified atom stereocenters. The number of rotatable bonds is 4. The van der Waals surface area contributed by atoms with E-state index in [1.54, 1.807) is 29.5 Å². The summed E-state index contributed by atoms with van der Waals surface area (Å²) in [6.45, 7) is -2.90. The number of alkyl halides is 2. The summed E-state index contributed by atoms with van der Waals surface area (Å²) in [5.41, 5.74) is 1.71. The van der Waals surface area contributed by atoms with Crippen molar-refractivity contribution < 1.29 is 18.3 Å². The molecule has 0 radical (unpaired) electrons. The minimum atomic E-state index is -2.90. The van der Waals surface area contributed by atoms with E-state index in [2.05, 4.69) is 21.9 Å². The molecule has 3 nitrogen and oxygen atoms in total. The van der Waals surface area contributed by atoms with Crippen LogP contribution in [0.2, 0.25) is 0 Å². The van der Waals surface area contributed by atoms with Gasteiger partial charge in [-0.2, -0.15) is 8.78 Å². The van der Waals surface area contributed by atoms with Crippen LogP contribution >= 0.6 is 11.3 Å². The van der Waals surface area contributed by atoms with E-state index < -0.39 is 6.61 Å². The van der Waals surface area contributed by atoms with Crippen LogP contribution in [0.3, 0.4) is 0 Å². The number of benzene rings is 2. The van der Waals surface area contributed by atoms with Gasteiger partial charge in [0.2, 0.25) is 0 Å². The third kappa shape index (κ3) is 4.91. The van der Waals surface area contributed by atoms with E-state index in [0.29, 0.717) is 11.3 Å². The monoisotopic (exact) mass is 369 g/mol. The van der Waals surface area contributed by atoms with Gasteiger partial charge in [0.15, 0.2) is 0 Å². The molecule has 0 saturated heterocycles. The van der Waals surface area contributed by atoms with Crippen molar-refractivity contribution in [2.24, 2.45) is 0 Å². The zero-order chi connectivity index (χ0) is 18.4. The summed E-state index contributed by atoms with van der Waals surface area (Å²) in [6, 6.07) is 16.5. The number of halogens is 2. The van der Waals surface area contributed by atoms with Gasteiger partial charge >= 0.3 is 6.61 Å². The Morgan fingerprint density at radius 3 is 2.54 bits per heavy atom. The average Bonchev–Trinajstić information content (AvgIpc) is 3.14. The lowest BCUT2D eigenvalue weighted by Gasteiger charge is -2.07. The second kappa shape index (κ2) is 8.28. The number of anilines is 1. The fourth-order valence-electron chi connectivity index (χ4n) is 2.15. The highest BCUT2D eigenvalue weighted by Crippen LogP contribution is 2.17. The van der Waals surface area contributed by atoms with Crippen LogP contribution in [0.25, 0.3) is 0 Å². The van der Waals surface area contributed by atoms with Crippen LogP contribution in [0, 0.1) is 11.8 Å². The lowest BCUT2D eigenvalue weighted by Crippen LogP contribution is -2.12. The predicted molar refractivity (Wildman–Crippen MR) is 97.8 cm³/mol. The number of ether oxygens (including phenoxy) is 1. The van der Waals surface area contributed by atoms with E-state index in [1.807, 2.05) is 23.6 Å². The van der Waals surface area contributed by atoms with E-state index in [-0.39, 0.29) is 11.7 Å². The molecular formula is C20H13F2NO2S. The topological polar surface area (TPSA) is 38.3 Å². The Morgan fingerprint density at radius 2 is 1.85 bits per heavy atom. The number of hydrogen-bond donors (Lipinski definition) is 1. The Balaban J connectivity index is 1.68.